The molecule has 14 heteroatoms. The summed E-state index contributed by atoms with van der Waals surface area (Å²) in [6, 6.07) is 0. The molecule has 6 fully saturated rings. The van der Waals surface area contributed by atoms with Crippen LogP contribution in [0.4, 0.5) is 0 Å². The van der Waals surface area contributed by atoms with E-state index in [4.69, 9.17) is 18.9 Å². The second-order valence-electron chi connectivity index (χ2n) is 19.6. The highest BCUT2D eigenvalue weighted by molar-refractivity contribution is 5.79. The predicted molar refractivity (Wildman–Crippen MR) is 194 cm³/mol. The molecule has 0 spiro atoms. The molecule has 0 aromatic carbocycles. The Balaban J connectivity index is 1.22. The van der Waals surface area contributed by atoms with E-state index < -0.39 is 90.9 Å². The summed E-state index contributed by atoms with van der Waals surface area (Å²) >= 11 is 0. The Labute approximate surface area is 323 Å². The van der Waals surface area contributed by atoms with Crippen LogP contribution in [0.3, 0.4) is 0 Å². The molecule has 55 heavy (non-hydrogen) atoms. The molecule has 14 nitrogen and oxygen atoms in total. The van der Waals surface area contributed by atoms with Gasteiger partial charge in [-0.05, 0) is 97.2 Å². The van der Waals surface area contributed by atoms with E-state index >= 15 is 0 Å². The molecule has 0 amide bonds. The van der Waals surface area contributed by atoms with Crippen LogP contribution in [0.5, 0.6) is 0 Å². The number of ether oxygens (including phenoxy) is 4. The van der Waals surface area contributed by atoms with E-state index in [-0.39, 0.29) is 53.1 Å². The van der Waals surface area contributed by atoms with Crippen LogP contribution in [0.1, 0.15) is 92.9 Å². The fourth-order valence-corrected chi connectivity index (χ4v) is 13.6. The van der Waals surface area contributed by atoms with Gasteiger partial charge in [-0.1, -0.05) is 53.2 Å². The minimum absolute atomic E-state index is 0.0158. The fourth-order valence-electron chi connectivity index (χ4n) is 13.6. The van der Waals surface area contributed by atoms with Gasteiger partial charge in [-0.25, -0.2) is 0 Å². The summed E-state index contributed by atoms with van der Waals surface area (Å²) in [6.45, 7) is 12.0. The summed E-state index contributed by atoms with van der Waals surface area (Å²) in [5.41, 5.74) is -1.43. The summed E-state index contributed by atoms with van der Waals surface area (Å²) in [5, 5.41) is 95.9. The first kappa shape index (κ1) is 41.9. The minimum Gasteiger partial charge on any atom is -0.432 e. The van der Waals surface area contributed by atoms with Crippen molar-refractivity contribution in [3.63, 3.8) is 0 Å². The molecule has 5 aliphatic carbocycles. The minimum atomic E-state index is -1.74. The Morgan fingerprint density at radius 3 is 2.22 bits per heavy atom. The van der Waals surface area contributed by atoms with Gasteiger partial charge in [0.2, 0.25) is 6.29 Å². The van der Waals surface area contributed by atoms with E-state index in [0.29, 0.717) is 31.6 Å². The van der Waals surface area contributed by atoms with Crippen LogP contribution in [0, 0.1) is 56.7 Å². The number of aliphatic hydroxyl groups is 9. The third-order valence-electron chi connectivity index (χ3n) is 17.3. The first-order chi connectivity index (χ1) is 25.8. The zero-order chi connectivity index (χ0) is 40.2. The lowest BCUT2D eigenvalue weighted by Crippen LogP contribution is -2.68. The maximum Gasteiger partial charge on any atom is 0.315 e. The van der Waals surface area contributed by atoms with Crippen molar-refractivity contribution in [3.8, 4) is 0 Å². The second kappa shape index (κ2) is 14.5. The van der Waals surface area contributed by atoms with E-state index in [1.54, 1.807) is 0 Å². The van der Waals surface area contributed by atoms with Crippen LogP contribution in [-0.4, -0.2) is 139 Å². The first-order valence-corrected chi connectivity index (χ1v) is 20.6. The van der Waals surface area contributed by atoms with Crippen LogP contribution >= 0.6 is 0 Å². The van der Waals surface area contributed by atoms with Crippen molar-refractivity contribution in [3.05, 3.63) is 11.6 Å². The fraction of sp³-hybridized carbons (Fsp3) is 0.927. The molecule has 2 heterocycles. The van der Waals surface area contributed by atoms with Gasteiger partial charge in [0, 0.05) is 5.41 Å². The molecule has 0 aromatic heterocycles. The molecule has 0 aromatic rings. The molecule has 2 saturated heterocycles. The zero-order valence-corrected chi connectivity index (χ0v) is 33.2. The van der Waals surface area contributed by atoms with Gasteiger partial charge in [0.1, 0.15) is 36.6 Å². The number of fused-ring (bicyclic) bond motifs is 7. The quantitative estimate of drug-likeness (QED) is 0.134. The number of hydrogen-bond acceptors (Lipinski definition) is 14. The van der Waals surface area contributed by atoms with Gasteiger partial charge < -0.3 is 64.9 Å². The van der Waals surface area contributed by atoms with Crippen molar-refractivity contribution < 1.29 is 69.7 Å². The van der Waals surface area contributed by atoms with Crippen LogP contribution in [-0.2, 0) is 23.7 Å². The lowest BCUT2D eigenvalue weighted by molar-refractivity contribution is -0.352. The number of carbonyl (C=O) groups is 1. The topological polar surface area (TPSA) is 236 Å². The van der Waals surface area contributed by atoms with Crippen molar-refractivity contribution in [2.75, 3.05) is 19.8 Å². The summed E-state index contributed by atoms with van der Waals surface area (Å²) in [6.07, 6.45) is -8.38. The Morgan fingerprint density at radius 2 is 1.55 bits per heavy atom. The van der Waals surface area contributed by atoms with Crippen molar-refractivity contribution in [1.82, 2.24) is 0 Å². The molecule has 7 rings (SSSR count). The van der Waals surface area contributed by atoms with Gasteiger partial charge in [0.05, 0.1) is 37.4 Å². The van der Waals surface area contributed by atoms with Crippen molar-refractivity contribution in [2.45, 2.75) is 160 Å². The number of allylic oxidation sites excluding steroid dienone is 2. The van der Waals surface area contributed by atoms with Gasteiger partial charge in [-0.15, -0.1) is 0 Å². The summed E-state index contributed by atoms with van der Waals surface area (Å²) in [4.78, 5) is 15.0. The Morgan fingerprint density at radius 1 is 0.836 bits per heavy atom. The number of carbonyl (C=O) groups excluding carboxylic acids is 1. The monoisotopic (exact) mass is 782 g/mol. The number of esters is 1. The van der Waals surface area contributed by atoms with Crippen LogP contribution in [0.2, 0.25) is 0 Å². The molecular formula is C41H66O14. The second-order valence-corrected chi connectivity index (χ2v) is 19.6. The number of rotatable bonds is 6. The third-order valence-corrected chi connectivity index (χ3v) is 17.3. The third kappa shape index (κ3) is 5.97. The average Bonchev–Trinajstić information content (AvgIpc) is 3.15. The summed E-state index contributed by atoms with van der Waals surface area (Å²) in [7, 11) is 0. The van der Waals surface area contributed by atoms with Crippen LogP contribution in [0.25, 0.3) is 0 Å². The van der Waals surface area contributed by atoms with E-state index in [2.05, 4.69) is 40.7 Å². The Hall–Kier alpha value is -1.27. The molecule has 4 saturated carbocycles. The average molecular weight is 783 g/mol. The molecule has 0 bridgehead atoms. The highest BCUT2D eigenvalue weighted by Crippen LogP contribution is 2.76. The molecule has 0 radical (unpaired) electrons. The standard InChI is InChI=1S/C41H66O14/c1-19-9-12-41(36(51)55-35-32(30(48)29(47)24(16-42)53-35)54-34-31(49)28(46)23(45)17-52-34)14-13-39(5)21(27(41)20(19)2)7-8-26-37(3)15-22(44)33(50)38(4,18-43)25(37)10-11-40(26,39)6/h7,19-20,22-35,42-50H,8-18H2,1-6H3/t19-,20+,22-,23+,24-,25-,26-,27+,28+,29-,30+,31-,32-,33+,34+,35+,37+,38+,39-,40-,41+/m1/s1. The predicted octanol–water partition coefficient (Wildman–Crippen LogP) is 0.755. The maximum atomic E-state index is 15.0. The lowest BCUT2D eigenvalue weighted by Gasteiger charge is -2.71. The van der Waals surface area contributed by atoms with Crippen LogP contribution < -0.4 is 0 Å². The molecule has 314 valence electrons. The molecule has 0 unspecified atom stereocenters. The number of hydrogen-bond donors (Lipinski definition) is 9. The first-order valence-electron chi connectivity index (χ1n) is 20.6. The summed E-state index contributed by atoms with van der Waals surface area (Å²) in [5.74, 6) is -0.159. The largest absolute Gasteiger partial charge is 0.432 e. The van der Waals surface area contributed by atoms with Crippen molar-refractivity contribution in [2.24, 2.45) is 56.7 Å². The van der Waals surface area contributed by atoms with Crippen LogP contribution in [0.15, 0.2) is 11.6 Å². The van der Waals surface area contributed by atoms with E-state index in [1.165, 1.54) is 5.57 Å². The Kier molecular flexibility index (Phi) is 11.0. The zero-order valence-electron chi connectivity index (χ0n) is 33.2. The highest BCUT2D eigenvalue weighted by Gasteiger charge is 2.71. The van der Waals surface area contributed by atoms with E-state index in [1.807, 2.05) is 6.92 Å². The van der Waals surface area contributed by atoms with E-state index in [0.717, 1.165) is 25.7 Å². The molecule has 2 aliphatic heterocycles. The molecule has 21 atom stereocenters. The van der Waals surface area contributed by atoms with Gasteiger partial charge >= 0.3 is 5.97 Å². The molecule has 9 N–H and O–H groups in total. The summed E-state index contributed by atoms with van der Waals surface area (Å²) < 4.78 is 23.4. The smallest absolute Gasteiger partial charge is 0.315 e. The van der Waals surface area contributed by atoms with Gasteiger partial charge in [0.15, 0.2) is 12.4 Å². The molecular weight excluding hydrogens is 716 g/mol. The van der Waals surface area contributed by atoms with Gasteiger partial charge in [-0.2, -0.15) is 0 Å². The van der Waals surface area contributed by atoms with Crippen molar-refractivity contribution >= 4 is 5.97 Å². The van der Waals surface area contributed by atoms with E-state index in [9.17, 15) is 50.8 Å². The highest BCUT2D eigenvalue weighted by atomic mass is 16.8. The maximum absolute atomic E-state index is 15.0. The SMILES string of the molecule is C[C@H]1[C@H](C)CC[C@]2(C(=O)O[C@@H]3O[C@H](CO)[C@@H](O)[C@H](O)[C@H]3O[C@@H]3OC[C@H](O)[C@H](O)[C@H]3O)CC[C@]3(C)C(=CC[C@@H]4[C@@]5(C)C[C@@H](O)[C@H](O)[C@@](C)(CO)[C@@H]5CC[C@]43C)[C@H]12. The van der Waals surface area contributed by atoms with Gasteiger partial charge in [-0.3, -0.25) is 4.79 Å². The van der Waals surface area contributed by atoms with Crippen molar-refractivity contribution in [1.29, 1.82) is 0 Å². The molecule has 7 aliphatic rings. The lowest BCUT2D eigenvalue weighted by atomic mass is 9.33. The normalized spacial score (nSPS) is 56.6. The number of aliphatic hydroxyl groups excluding tert-OH is 9. The van der Waals surface area contributed by atoms with Gasteiger partial charge in [0.25, 0.3) is 0 Å². The Bertz CT molecular complexity index is 1480.